The zero-order valence-electron chi connectivity index (χ0n) is 7.93. The molecule has 1 aliphatic rings. The zero-order valence-corrected chi connectivity index (χ0v) is 8.69. The summed E-state index contributed by atoms with van der Waals surface area (Å²) in [4.78, 5) is 0. The molecule has 5 heteroatoms. The molecule has 0 saturated carbocycles. The summed E-state index contributed by atoms with van der Waals surface area (Å²) < 4.78 is -0.830. The maximum Gasteiger partial charge on any atom is 0.159 e. The highest BCUT2D eigenvalue weighted by Gasteiger charge is 2.25. The standard InChI is InChI=1S/C10H10ClN3O/c11-9-6-13-14(15,7-10(9)12)8-4-2-1-3-5-8/h1-6H,7,12H2. The first-order valence-corrected chi connectivity index (χ1v) is 4.84. The normalized spacial score (nSPS) is 25.7. The van der Waals surface area contributed by atoms with Crippen LogP contribution in [0.25, 0.3) is 0 Å². The van der Waals surface area contributed by atoms with Gasteiger partial charge in [-0.2, -0.15) is 4.76 Å². The number of quaternary nitrogens is 1. The summed E-state index contributed by atoms with van der Waals surface area (Å²) in [6.07, 6.45) is 1.31. The number of benzene rings is 1. The maximum absolute atomic E-state index is 12.2. The SMILES string of the molecule is NC1=C(Cl)C=N[N+]([O-])(c2ccccc2)C1. The van der Waals surface area contributed by atoms with Crippen molar-refractivity contribution in [2.24, 2.45) is 10.8 Å². The van der Waals surface area contributed by atoms with Crippen molar-refractivity contribution < 1.29 is 0 Å². The largest absolute Gasteiger partial charge is 0.599 e. The lowest BCUT2D eigenvalue weighted by atomic mass is 10.3. The number of nitrogens with two attached hydrogens (primary N) is 1. The van der Waals surface area contributed by atoms with Crippen molar-refractivity contribution >= 4 is 23.5 Å². The van der Waals surface area contributed by atoms with Crippen LogP contribution in [0.15, 0.2) is 46.2 Å². The molecule has 0 saturated heterocycles. The Kier molecular flexibility index (Phi) is 2.48. The van der Waals surface area contributed by atoms with E-state index in [0.29, 0.717) is 16.4 Å². The Morgan fingerprint density at radius 1 is 1.33 bits per heavy atom. The highest BCUT2D eigenvalue weighted by Crippen LogP contribution is 2.26. The lowest BCUT2D eigenvalue weighted by molar-refractivity contribution is 0.418. The summed E-state index contributed by atoms with van der Waals surface area (Å²) in [6, 6.07) is 8.86. The number of allylic oxidation sites excluding steroid dienone is 1. The Morgan fingerprint density at radius 2 is 2.00 bits per heavy atom. The Balaban J connectivity index is 2.36. The highest BCUT2D eigenvalue weighted by molar-refractivity contribution is 6.39. The molecule has 1 aromatic rings. The van der Waals surface area contributed by atoms with E-state index in [0.717, 1.165) is 0 Å². The average Bonchev–Trinajstić information content (AvgIpc) is 2.26. The fraction of sp³-hybridized carbons (Fsp3) is 0.100. The molecule has 0 spiro atoms. The number of hydroxylamine groups is 1. The van der Waals surface area contributed by atoms with Gasteiger partial charge in [-0.15, -0.1) is 0 Å². The molecule has 1 aliphatic heterocycles. The van der Waals surface area contributed by atoms with Gasteiger partial charge >= 0.3 is 0 Å². The second-order valence-corrected chi connectivity index (χ2v) is 3.72. The summed E-state index contributed by atoms with van der Waals surface area (Å²) in [5, 5.41) is 16.4. The topological polar surface area (TPSA) is 61.4 Å². The van der Waals surface area contributed by atoms with Gasteiger partial charge in [0.15, 0.2) is 5.69 Å². The van der Waals surface area contributed by atoms with Gasteiger partial charge in [0.05, 0.1) is 10.7 Å². The third-order valence-electron chi connectivity index (χ3n) is 2.21. The molecule has 1 atom stereocenters. The summed E-state index contributed by atoms with van der Waals surface area (Å²) in [7, 11) is 0. The van der Waals surface area contributed by atoms with Crippen LogP contribution >= 0.6 is 11.6 Å². The second-order valence-electron chi connectivity index (χ2n) is 3.31. The van der Waals surface area contributed by atoms with E-state index in [9.17, 15) is 5.21 Å². The average molecular weight is 224 g/mol. The van der Waals surface area contributed by atoms with Gasteiger partial charge in [0.2, 0.25) is 0 Å². The van der Waals surface area contributed by atoms with E-state index in [1.165, 1.54) is 6.21 Å². The van der Waals surface area contributed by atoms with Crippen molar-refractivity contribution in [3.63, 3.8) is 0 Å². The quantitative estimate of drug-likeness (QED) is 0.584. The number of nitrogens with zero attached hydrogens (tertiary/aromatic N) is 2. The van der Waals surface area contributed by atoms with E-state index in [1.54, 1.807) is 24.3 Å². The minimum Gasteiger partial charge on any atom is -0.599 e. The summed E-state index contributed by atoms with van der Waals surface area (Å²) in [5.41, 5.74) is 6.54. The predicted octanol–water partition coefficient (Wildman–Crippen LogP) is 1.90. The van der Waals surface area contributed by atoms with Gasteiger partial charge in [-0.1, -0.05) is 34.9 Å². The fourth-order valence-electron chi connectivity index (χ4n) is 1.39. The molecule has 1 aromatic carbocycles. The number of rotatable bonds is 1. The van der Waals surface area contributed by atoms with Crippen LogP contribution in [0.2, 0.25) is 0 Å². The Labute approximate surface area is 92.4 Å². The van der Waals surface area contributed by atoms with Crippen LogP contribution in [0.3, 0.4) is 0 Å². The molecule has 78 valence electrons. The molecular weight excluding hydrogens is 214 g/mol. The molecule has 0 radical (unpaired) electrons. The molecule has 2 rings (SSSR count). The highest BCUT2D eigenvalue weighted by atomic mass is 35.5. The first kappa shape index (κ1) is 10.2. The van der Waals surface area contributed by atoms with E-state index in [1.807, 2.05) is 6.07 Å². The molecule has 15 heavy (non-hydrogen) atoms. The molecule has 4 nitrogen and oxygen atoms in total. The first-order chi connectivity index (χ1) is 7.12. The number of hydrogen-bond acceptors (Lipinski definition) is 3. The number of para-hydroxylation sites is 1. The molecule has 0 aliphatic carbocycles. The van der Waals surface area contributed by atoms with Gasteiger partial charge in [-0.25, -0.2) is 0 Å². The summed E-state index contributed by atoms with van der Waals surface area (Å²) >= 11 is 5.74. The monoisotopic (exact) mass is 223 g/mol. The van der Waals surface area contributed by atoms with E-state index >= 15 is 0 Å². The van der Waals surface area contributed by atoms with Crippen LogP contribution in [0.5, 0.6) is 0 Å². The Bertz CT molecular complexity index is 430. The van der Waals surface area contributed by atoms with Crippen molar-refractivity contribution in [2.75, 3.05) is 6.54 Å². The zero-order chi connectivity index (χ0) is 10.9. The maximum atomic E-state index is 12.2. The van der Waals surface area contributed by atoms with Crippen LogP contribution < -0.4 is 10.5 Å². The van der Waals surface area contributed by atoms with Crippen LogP contribution in [-0.2, 0) is 0 Å². The minimum atomic E-state index is -0.830. The fourth-order valence-corrected chi connectivity index (χ4v) is 1.50. The van der Waals surface area contributed by atoms with Gasteiger partial charge < -0.3 is 10.9 Å². The molecule has 2 N–H and O–H groups in total. The summed E-state index contributed by atoms with van der Waals surface area (Å²) in [6.45, 7) is 0.0549. The molecule has 0 aromatic heterocycles. The van der Waals surface area contributed by atoms with Crippen molar-refractivity contribution in [1.29, 1.82) is 0 Å². The minimum absolute atomic E-state index is 0.0549. The van der Waals surface area contributed by atoms with Crippen LogP contribution in [-0.4, -0.2) is 12.8 Å². The molecule has 1 unspecified atom stereocenters. The van der Waals surface area contributed by atoms with Crippen molar-refractivity contribution in [3.8, 4) is 0 Å². The smallest absolute Gasteiger partial charge is 0.159 e. The van der Waals surface area contributed by atoms with Crippen molar-refractivity contribution in [2.45, 2.75) is 0 Å². The van der Waals surface area contributed by atoms with Gasteiger partial charge in [0.25, 0.3) is 0 Å². The Hall–Kier alpha value is -1.36. The van der Waals surface area contributed by atoms with E-state index in [-0.39, 0.29) is 6.54 Å². The number of hydrogen-bond donors (Lipinski definition) is 1. The molecule has 0 amide bonds. The molecule has 0 fully saturated rings. The Morgan fingerprint density at radius 3 is 2.60 bits per heavy atom. The van der Waals surface area contributed by atoms with Gasteiger partial charge in [-0.05, 0) is 0 Å². The van der Waals surface area contributed by atoms with Crippen molar-refractivity contribution in [1.82, 2.24) is 4.76 Å². The van der Waals surface area contributed by atoms with Gasteiger partial charge in [0.1, 0.15) is 12.8 Å². The van der Waals surface area contributed by atoms with Crippen LogP contribution in [0.1, 0.15) is 0 Å². The third kappa shape index (κ3) is 1.87. The molecule has 0 bridgehead atoms. The first-order valence-electron chi connectivity index (χ1n) is 4.46. The van der Waals surface area contributed by atoms with Crippen LogP contribution in [0, 0.1) is 5.21 Å². The van der Waals surface area contributed by atoms with E-state index in [2.05, 4.69) is 5.10 Å². The predicted molar refractivity (Wildman–Crippen MR) is 62.0 cm³/mol. The van der Waals surface area contributed by atoms with Gasteiger partial charge in [-0.3, -0.25) is 0 Å². The molecular formula is C10H10ClN3O. The van der Waals surface area contributed by atoms with Crippen molar-refractivity contribution in [3.05, 3.63) is 46.3 Å². The number of halogens is 1. The van der Waals surface area contributed by atoms with E-state index < -0.39 is 4.76 Å². The van der Waals surface area contributed by atoms with Gasteiger partial charge in [0, 0.05) is 12.1 Å². The summed E-state index contributed by atoms with van der Waals surface area (Å²) in [5.74, 6) is 0. The lowest BCUT2D eigenvalue weighted by Crippen LogP contribution is -2.43. The van der Waals surface area contributed by atoms with Crippen LogP contribution in [0.4, 0.5) is 5.69 Å². The third-order valence-corrected chi connectivity index (χ3v) is 2.55. The molecule has 1 heterocycles. The van der Waals surface area contributed by atoms with E-state index in [4.69, 9.17) is 17.3 Å². The lowest BCUT2D eigenvalue weighted by Gasteiger charge is -2.36. The second kappa shape index (κ2) is 3.66.